The predicted octanol–water partition coefficient (Wildman–Crippen LogP) is 2.06. The van der Waals surface area contributed by atoms with Crippen molar-refractivity contribution < 1.29 is 38.5 Å². The molecule has 1 N–H and O–H groups in total. The van der Waals surface area contributed by atoms with Crippen LogP contribution in [0.3, 0.4) is 0 Å². The summed E-state index contributed by atoms with van der Waals surface area (Å²) in [6.45, 7) is 14.9. The number of hydrogen-bond acceptors (Lipinski definition) is 8. The number of ketones is 1. The van der Waals surface area contributed by atoms with Gasteiger partial charge in [0, 0.05) is 11.1 Å². The number of carbonyl (C=O) groups excluding carboxylic acids is 4. The van der Waals surface area contributed by atoms with Crippen LogP contribution in [0.4, 0.5) is 0 Å². The van der Waals surface area contributed by atoms with Gasteiger partial charge in [0.05, 0.1) is 11.8 Å². The Kier molecular flexibility index (Phi) is 7.26. The maximum Gasteiger partial charge on any atom is 0.334 e. The highest BCUT2D eigenvalue weighted by Gasteiger charge is 2.56. The van der Waals surface area contributed by atoms with Crippen LogP contribution in [-0.2, 0) is 33.4 Å². The van der Waals surface area contributed by atoms with Crippen molar-refractivity contribution in [1.82, 2.24) is 0 Å². The lowest BCUT2D eigenvalue weighted by atomic mass is 9.77. The highest BCUT2D eigenvalue weighted by atomic mass is 16.6. The quantitative estimate of drug-likeness (QED) is 0.406. The van der Waals surface area contributed by atoms with E-state index in [1.54, 1.807) is 19.9 Å². The molecule has 0 aromatic heterocycles. The Balaban J connectivity index is 2.69. The highest BCUT2D eigenvalue weighted by Crippen LogP contribution is 2.40. The van der Waals surface area contributed by atoms with Gasteiger partial charge in [-0.25, -0.2) is 9.59 Å². The van der Waals surface area contributed by atoms with Crippen LogP contribution in [0.25, 0.3) is 0 Å². The van der Waals surface area contributed by atoms with Crippen molar-refractivity contribution in [2.45, 2.75) is 65.0 Å². The molecule has 2 rings (SSSR count). The molecule has 170 valence electrons. The first-order valence-electron chi connectivity index (χ1n) is 10.2. The molecule has 1 aliphatic carbocycles. The molecule has 0 amide bonds. The Morgan fingerprint density at radius 3 is 2.45 bits per heavy atom. The minimum Gasteiger partial charge on any atom is -0.458 e. The molecule has 1 heterocycles. The van der Waals surface area contributed by atoms with Gasteiger partial charge in [0.25, 0.3) is 0 Å². The van der Waals surface area contributed by atoms with Crippen LogP contribution >= 0.6 is 0 Å². The molecule has 1 aliphatic heterocycles. The number of ether oxygens (including phenoxy) is 3. The lowest BCUT2D eigenvalue weighted by molar-refractivity contribution is -0.197. The van der Waals surface area contributed by atoms with E-state index in [4.69, 9.17) is 14.2 Å². The number of rotatable bonds is 4. The molecular formula is C23H30O8. The molecule has 1 fully saturated rings. The number of allylic oxidation sites excluding steroid dienone is 1. The molecule has 0 spiro atoms. The van der Waals surface area contributed by atoms with Crippen LogP contribution in [0.2, 0.25) is 0 Å². The summed E-state index contributed by atoms with van der Waals surface area (Å²) in [4.78, 5) is 50.1. The summed E-state index contributed by atoms with van der Waals surface area (Å²) in [6, 6.07) is 0. The van der Waals surface area contributed by atoms with Crippen molar-refractivity contribution in [2.75, 3.05) is 0 Å². The summed E-state index contributed by atoms with van der Waals surface area (Å²) < 4.78 is 16.6. The first kappa shape index (κ1) is 24.5. The van der Waals surface area contributed by atoms with Gasteiger partial charge in [-0.15, -0.1) is 0 Å². The molecule has 0 aromatic rings. The lowest BCUT2D eigenvalue weighted by Gasteiger charge is -2.40. The molecule has 2 aliphatic rings. The number of fused-ring (bicyclic) bond motifs is 1. The Morgan fingerprint density at radius 2 is 1.90 bits per heavy atom. The zero-order chi connectivity index (χ0) is 23.7. The van der Waals surface area contributed by atoms with Crippen LogP contribution in [0.15, 0.2) is 36.5 Å². The van der Waals surface area contributed by atoms with Gasteiger partial charge in [-0.1, -0.05) is 40.0 Å². The number of esters is 3. The van der Waals surface area contributed by atoms with E-state index in [0.29, 0.717) is 6.42 Å². The maximum atomic E-state index is 12.9. The van der Waals surface area contributed by atoms with Gasteiger partial charge in [-0.2, -0.15) is 0 Å². The average Bonchev–Trinajstić information content (AvgIpc) is 2.94. The van der Waals surface area contributed by atoms with Gasteiger partial charge in [0.15, 0.2) is 23.6 Å². The van der Waals surface area contributed by atoms with Crippen molar-refractivity contribution in [3.63, 3.8) is 0 Å². The molecule has 0 radical (unpaired) electrons. The van der Waals surface area contributed by atoms with E-state index in [-0.39, 0.29) is 17.1 Å². The molecular weight excluding hydrogens is 404 g/mol. The number of aliphatic hydroxyl groups is 1. The van der Waals surface area contributed by atoms with Gasteiger partial charge in [0.1, 0.15) is 6.10 Å². The Bertz CT molecular complexity index is 835. The summed E-state index contributed by atoms with van der Waals surface area (Å²) in [6.07, 6.45) is -0.683. The fourth-order valence-electron chi connectivity index (χ4n) is 3.57. The van der Waals surface area contributed by atoms with Gasteiger partial charge in [-0.3, -0.25) is 9.59 Å². The van der Waals surface area contributed by atoms with E-state index in [2.05, 4.69) is 13.2 Å². The molecule has 0 aromatic carbocycles. The van der Waals surface area contributed by atoms with Crippen molar-refractivity contribution in [1.29, 1.82) is 0 Å². The highest BCUT2D eigenvalue weighted by molar-refractivity contribution is 5.98. The van der Waals surface area contributed by atoms with E-state index in [1.165, 1.54) is 19.9 Å². The molecule has 6 atom stereocenters. The summed E-state index contributed by atoms with van der Waals surface area (Å²) in [5.74, 6) is -4.67. The van der Waals surface area contributed by atoms with E-state index >= 15 is 0 Å². The number of hydrogen-bond donors (Lipinski definition) is 1. The lowest BCUT2D eigenvalue weighted by Crippen LogP contribution is -2.58. The van der Waals surface area contributed by atoms with Crippen LogP contribution < -0.4 is 0 Å². The van der Waals surface area contributed by atoms with Gasteiger partial charge >= 0.3 is 17.9 Å². The first-order chi connectivity index (χ1) is 14.3. The van der Waals surface area contributed by atoms with Crippen molar-refractivity contribution >= 4 is 23.7 Å². The van der Waals surface area contributed by atoms with Gasteiger partial charge < -0.3 is 19.3 Å². The first-order valence-corrected chi connectivity index (χ1v) is 10.2. The standard InChI is InChI=1S/C23H30O8/c1-11(2)20(25)30-18-17-14(6)22(27)29-15(17)10-13(5)8-9-16(24)23(7,28)19(18)31-21(26)12(3)4/h8-9,12-13,15,17-19,28H,1,6,10H2,2-5,7H3. The monoisotopic (exact) mass is 434 g/mol. The van der Waals surface area contributed by atoms with E-state index in [0.717, 1.165) is 0 Å². The number of carbonyl (C=O) groups is 4. The second-order valence-corrected chi connectivity index (χ2v) is 8.74. The molecule has 0 bridgehead atoms. The molecule has 6 unspecified atom stereocenters. The zero-order valence-electron chi connectivity index (χ0n) is 18.5. The third-order valence-electron chi connectivity index (χ3n) is 5.52. The van der Waals surface area contributed by atoms with Crippen molar-refractivity contribution in [3.05, 3.63) is 36.5 Å². The molecule has 8 nitrogen and oxygen atoms in total. The normalized spacial score (nSPS) is 33.5. The summed E-state index contributed by atoms with van der Waals surface area (Å²) in [7, 11) is 0. The Hall–Kier alpha value is -2.74. The minimum atomic E-state index is -2.26. The molecule has 1 saturated heterocycles. The summed E-state index contributed by atoms with van der Waals surface area (Å²) in [5.41, 5.74) is -2.19. The third kappa shape index (κ3) is 5.12. The van der Waals surface area contributed by atoms with Crippen LogP contribution in [-0.4, -0.2) is 52.7 Å². The Morgan fingerprint density at radius 1 is 1.29 bits per heavy atom. The topological polar surface area (TPSA) is 116 Å². The van der Waals surface area contributed by atoms with E-state index < -0.39 is 59.4 Å². The predicted molar refractivity (Wildman–Crippen MR) is 110 cm³/mol. The second kappa shape index (κ2) is 9.18. The minimum absolute atomic E-state index is 0.00936. The van der Waals surface area contributed by atoms with E-state index in [9.17, 15) is 24.3 Å². The Labute approximate surface area is 181 Å². The van der Waals surface area contributed by atoms with Gasteiger partial charge in [-0.05, 0) is 32.3 Å². The fourth-order valence-corrected chi connectivity index (χ4v) is 3.57. The zero-order valence-corrected chi connectivity index (χ0v) is 18.5. The molecule has 0 saturated carbocycles. The van der Waals surface area contributed by atoms with Crippen molar-refractivity contribution in [2.24, 2.45) is 17.8 Å². The maximum absolute atomic E-state index is 12.9. The summed E-state index contributed by atoms with van der Waals surface area (Å²) in [5, 5.41) is 11.2. The van der Waals surface area contributed by atoms with E-state index in [1.807, 2.05) is 6.92 Å². The SMILES string of the molecule is C=C(C)C(=O)OC1C2C(=C)C(=O)OC2CC(C)C=CC(=O)C(C)(O)C1OC(=O)C(C)C. The average molecular weight is 434 g/mol. The molecule has 31 heavy (non-hydrogen) atoms. The van der Waals surface area contributed by atoms with Gasteiger partial charge in [0.2, 0.25) is 0 Å². The van der Waals surface area contributed by atoms with Crippen LogP contribution in [0.5, 0.6) is 0 Å². The fraction of sp³-hybridized carbons (Fsp3) is 0.565. The smallest absolute Gasteiger partial charge is 0.334 e. The van der Waals surface area contributed by atoms with Crippen molar-refractivity contribution in [3.8, 4) is 0 Å². The van der Waals surface area contributed by atoms with Crippen LogP contribution in [0.1, 0.15) is 41.0 Å². The van der Waals surface area contributed by atoms with Crippen LogP contribution in [0, 0.1) is 17.8 Å². The largest absolute Gasteiger partial charge is 0.458 e. The third-order valence-corrected chi connectivity index (χ3v) is 5.52. The molecule has 8 heteroatoms. The second-order valence-electron chi connectivity index (χ2n) is 8.74. The summed E-state index contributed by atoms with van der Waals surface area (Å²) >= 11 is 0.